The molecule has 0 radical (unpaired) electrons. The number of aryl methyl sites for hydroxylation is 1. The Balaban J connectivity index is 1.29. The van der Waals surface area contributed by atoms with Crippen molar-refractivity contribution in [3.05, 3.63) is 108 Å². The predicted molar refractivity (Wildman–Crippen MR) is 162 cm³/mol. The van der Waals surface area contributed by atoms with Crippen LogP contribution in [0.5, 0.6) is 0 Å². The molecule has 6 heteroatoms. The third-order valence-electron chi connectivity index (χ3n) is 7.65. The second-order valence-electron chi connectivity index (χ2n) is 10.3. The maximum Gasteiger partial charge on any atom is 0.0551 e. The van der Waals surface area contributed by atoms with Gasteiger partial charge in [0.15, 0.2) is 0 Å². The molecular weight excluding hydrogens is 468 g/mol. The quantitative estimate of drug-likeness (QED) is 0.498. The number of allylic oxidation sites excluding steroid dienone is 6. The van der Waals surface area contributed by atoms with E-state index in [0.717, 1.165) is 68.1 Å². The van der Waals surface area contributed by atoms with E-state index in [1.54, 1.807) is 19.3 Å². The van der Waals surface area contributed by atoms with Crippen molar-refractivity contribution in [2.75, 3.05) is 52.9 Å². The minimum absolute atomic E-state index is 0.682. The highest BCUT2D eigenvalue weighted by molar-refractivity contribution is 5.99. The summed E-state index contributed by atoms with van der Waals surface area (Å²) in [5, 5.41) is 4.30. The van der Waals surface area contributed by atoms with Gasteiger partial charge in [-0.1, -0.05) is 55.6 Å². The molecule has 6 nitrogen and oxygen atoms in total. The van der Waals surface area contributed by atoms with E-state index >= 15 is 0 Å². The summed E-state index contributed by atoms with van der Waals surface area (Å²) in [6, 6.07) is 9.10. The van der Waals surface area contributed by atoms with Crippen molar-refractivity contribution >= 4 is 12.4 Å². The van der Waals surface area contributed by atoms with Gasteiger partial charge in [0.05, 0.1) is 6.21 Å². The number of piperazine rings is 1. The standard InChI is InChI=1S/C32H42N6/c1-6-28-21-34-35-22-31(19-26(28)3)32(20-33-5)24-37-15-17-38(18-16-37)27(4)23-36-13-11-30(12-14-36)29-9-7-25(2)8-10-29/h6-10,19-22,24,30,34H,1,3-4,11-18,23H2,2,5H3/b28-21-,31-19+,32-24-,33-20-,35-22-. The molecule has 0 atom stereocenters. The molecule has 1 aromatic carbocycles. The molecule has 200 valence electrons. The maximum absolute atomic E-state index is 4.46. The summed E-state index contributed by atoms with van der Waals surface area (Å²) in [7, 11) is 1.79. The number of piperidine rings is 1. The normalized spacial score (nSPS) is 23.6. The van der Waals surface area contributed by atoms with E-state index in [1.807, 2.05) is 18.5 Å². The van der Waals surface area contributed by atoms with Crippen LogP contribution in [0.15, 0.2) is 107 Å². The van der Waals surface area contributed by atoms with Crippen LogP contribution >= 0.6 is 0 Å². The van der Waals surface area contributed by atoms with Crippen LogP contribution < -0.4 is 5.43 Å². The zero-order valence-corrected chi connectivity index (χ0v) is 23.1. The summed E-state index contributed by atoms with van der Waals surface area (Å²) in [5.74, 6) is 0.682. The third-order valence-corrected chi connectivity index (χ3v) is 7.65. The number of benzene rings is 1. The topological polar surface area (TPSA) is 46.5 Å². The Bertz CT molecular complexity index is 1150. The molecule has 1 aromatic rings. The molecule has 1 N–H and O–H groups in total. The van der Waals surface area contributed by atoms with Crippen LogP contribution in [0.1, 0.15) is 29.9 Å². The molecule has 3 aliphatic rings. The van der Waals surface area contributed by atoms with Gasteiger partial charge < -0.3 is 9.80 Å². The Morgan fingerprint density at radius 1 is 1.11 bits per heavy atom. The number of nitrogens with one attached hydrogen (secondary N) is 1. The smallest absolute Gasteiger partial charge is 0.0551 e. The van der Waals surface area contributed by atoms with Crippen molar-refractivity contribution in [1.29, 1.82) is 0 Å². The van der Waals surface area contributed by atoms with Gasteiger partial charge in [0.1, 0.15) is 0 Å². The Kier molecular flexibility index (Phi) is 9.55. The Morgan fingerprint density at radius 2 is 1.82 bits per heavy atom. The van der Waals surface area contributed by atoms with Gasteiger partial charge in [-0.05, 0) is 61.6 Å². The number of aliphatic imine (C=N–C) groups is 1. The van der Waals surface area contributed by atoms with Gasteiger partial charge in [0.2, 0.25) is 0 Å². The van der Waals surface area contributed by atoms with Crippen molar-refractivity contribution in [3.8, 4) is 0 Å². The van der Waals surface area contributed by atoms with E-state index in [2.05, 4.69) is 87.3 Å². The van der Waals surface area contributed by atoms with E-state index in [9.17, 15) is 0 Å². The summed E-state index contributed by atoms with van der Waals surface area (Å²) in [5.41, 5.74) is 10.8. The Labute approximate surface area is 228 Å². The van der Waals surface area contributed by atoms with Gasteiger partial charge in [0.25, 0.3) is 0 Å². The molecule has 0 unspecified atom stereocenters. The van der Waals surface area contributed by atoms with E-state index in [4.69, 9.17) is 0 Å². The largest absolute Gasteiger partial charge is 0.373 e. The van der Waals surface area contributed by atoms with E-state index in [1.165, 1.54) is 29.7 Å². The number of nitrogens with zero attached hydrogens (tertiary/aromatic N) is 5. The van der Waals surface area contributed by atoms with Crippen molar-refractivity contribution in [3.63, 3.8) is 0 Å². The molecule has 0 saturated carbocycles. The molecule has 0 spiro atoms. The second-order valence-corrected chi connectivity index (χ2v) is 10.3. The van der Waals surface area contributed by atoms with E-state index < -0.39 is 0 Å². The first kappa shape index (κ1) is 27.4. The molecular formula is C32H42N6. The van der Waals surface area contributed by atoms with Crippen LogP contribution in [0.4, 0.5) is 0 Å². The lowest BCUT2D eigenvalue weighted by atomic mass is 9.89. The summed E-state index contributed by atoms with van der Waals surface area (Å²) in [4.78, 5) is 11.7. The van der Waals surface area contributed by atoms with Crippen LogP contribution in [0, 0.1) is 6.92 Å². The molecule has 2 saturated heterocycles. The van der Waals surface area contributed by atoms with Crippen molar-refractivity contribution in [2.24, 2.45) is 10.1 Å². The Morgan fingerprint density at radius 3 is 2.47 bits per heavy atom. The minimum Gasteiger partial charge on any atom is -0.373 e. The Hall–Kier alpha value is -3.64. The van der Waals surface area contributed by atoms with Crippen molar-refractivity contribution in [2.45, 2.75) is 25.7 Å². The molecule has 0 aliphatic carbocycles. The number of hydrogen-bond acceptors (Lipinski definition) is 6. The first-order valence-corrected chi connectivity index (χ1v) is 13.6. The summed E-state index contributed by atoms with van der Waals surface area (Å²) < 4.78 is 0. The van der Waals surface area contributed by atoms with Gasteiger partial charge in [-0.3, -0.25) is 15.3 Å². The van der Waals surface area contributed by atoms with Crippen molar-refractivity contribution < 1.29 is 0 Å². The highest BCUT2D eigenvalue weighted by atomic mass is 15.3. The summed E-state index contributed by atoms with van der Waals surface area (Å²) >= 11 is 0. The van der Waals surface area contributed by atoms with Gasteiger partial charge in [0, 0.05) is 75.2 Å². The zero-order chi connectivity index (χ0) is 26.9. The molecule has 0 amide bonds. The SMILES string of the molecule is C=C/C1=C/N\N=C/C(C(/C=N\C)=C\N2CCN(C(=C)CN3CCC(c4ccc(C)cc4)CC3)CC2)=C\C1=C. The predicted octanol–water partition coefficient (Wildman–Crippen LogP) is 5.03. The lowest BCUT2D eigenvalue weighted by Crippen LogP contribution is -2.46. The molecule has 0 bridgehead atoms. The van der Waals surface area contributed by atoms with Gasteiger partial charge in [-0.25, -0.2) is 0 Å². The highest BCUT2D eigenvalue weighted by Gasteiger charge is 2.23. The van der Waals surface area contributed by atoms with Crippen LogP contribution in [-0.4, -0.2) is 80.0 Å². The third kappa shape index (κ3) is 7.23. The molecule has 0 aromatic heterocycles. The van der Waals surface area contributed by atoms with Crippen LogP contribution in [0.2, 0.25) is 0 Å². The maximum atomic E-state index is 4.46. The summed E-state index contributed by atoms with van der Waals surface area (Å²) in [6.07, 6.45) is 13.9. The van der Waals surface area contributed by atoms with Gasteiger partial charge in [-0.15, -0.1) is 0 Å². The number of hydrazone groups is 1. The van der Waals surface area contributed by atoms with Crippen LogP contribution in [-0.2, 0) is 0 Å². The lowest BCUT2D eigenvalue weighted by Gasteiger charge is -2.39. The van der Waals surface area contributed by atoms with Crippen molar-refractivity contribution in [1.82, 2.24) is 20.1 Å². The molecule has 3 aliphatic heterocycles. The number of rotatable bonds is 8. The highest BCUT2D eigenvalue weighted by Crippen LogP contribution is 2.28. The molecule has 3 heterocycles. The molecule has 2 fully saturated rings. The second kappa shape index (κ2) is 13.2. The average Bonchev–Trinajstić information content (AvgIpc) is 2.92. The first-order chi connectivity index (χ1) is 18.5. The molecule has 38 heavy (non-hydrogen) atoms. The first-order valence-electron chi connectivity index (χ1n) is 13.6. The van der Waals surface area contributed by atoms with Gasteiger partial charge >= 0.3 is 0 Å². The van der Waals surface area contributed by atoms with Crippen LogP contribution in [0.3, 0.4) is 0 Å². The van der Waals surface area contributed by atoms with E-state index in [0.29, 0.717) is 5.92 Å². The zero-order valence-electron chi connectivity index (χ0n) is 23.1. The van der Waals surface area contributed by atoms with Crippen LogP contribution in [0.25, 0.3) is 0 Å². The van der Waals surface area contributed by atoms with Gasteiger partial charge in [-0.2, -0.15) is 5.10 Å². The average molecular weight is 511 g/mol. The van der Waals surface area contributed by atoms with E-state index in [-0.39, 0.29) is 0 Å². The monoisotopic (exact) mass is 510 g/mol. The fourth-order valence-corrected chi connectivity index (χ4v) is 5.27. The number of likely N-dealkylation sites (tertiary alicyclic amines) is 1. The lowest BCUT2D eigenvalue weighted by molar-refractivity contribution is 0.170. The summed E-state index contributed by atoms with van der Waals surface area (Å²) in [6.45, 7) is 21.7. The molecule has 4 rings (SSSR count). The fraction of sp³-hybridized carbons (Fsp3) is 0.375. The fourth-order valence-electron chi connectivity index (χ4n) is 5.27. The minimum atomic E-state index is 0.682. The number of hydrogen-bond donors (Lipinski definition) is 1.